The first kappa shape index (κ1) is 21.3. The fourth-order valence-electron chi connectivity index (χ4n) is 3.65. The summed E-state index contributed by atoms with van der Waals surface area (Å²) >= 11 is 0. The van der Waals surface area contributed by atoms with Crippen LogP contribution in [0.2, 0.25) is 0 Å². The van der Waals surface area contributed by atoms with Crippen molar-refractivity contribution in [2.24, 2.45) is 0 Å². The first-order chi connectivity index (χ1) is 12.9. The molecule has 2 nitrogen and oxygen atoms in total. The molecule has 2 rings (SSSR count). The Morgan fingerprint density at radius 1 is 0.667 bits per heavy atom. The SMILES string of the molecule is CCCCCc1cc(C(C)(C)c2ccc(O)c(CCCCC)c2)ccc1O. The third-order valence-corrected chi connectivity index (χ3v) is 5.70. The van der Waals surface area contributed by atoms with Gasteiger partial charge in [-0.1, -0.05) is 77.6 Å². The van der Waals surface area contributed by atoms with E-state index in [2.05, 4.69) is 39.8 Å². The number of hydrogen-bond donors (Lipinski definition) is 2. The van der Waals surface area contributed by atoms with Gasteiger partial charge in [-0.15, -0.1) is 0 Å². The number of unbranched alkanes of at least 4 members (excludes halogenated alkanes) is 4. The van der Waals surface area contributed by atoms with Crippen molar-refractivity contribution in [3.63, 3.8) is 0 Å². The molecular weight excluding hydrogens is 332 g/mol. The predicted octanol–water partition coefficient (Wildman–Crippen LogP) is 6.89. The molecule has 0 aliphatic carbocycles. The van der Waals surface area contributed by atoms with E-state index in [0.29, 0.717) is 11.5 Å². The number of phenolic OH excluding ortho intramolecular Hbond substituents is 2. The normalized spacial score (nSPS) is 11.7. The van der Waals surface area contributed by atoms with Gasteiger partial charge in [-0.05, 0) is 60.1 Å². The maximum atomic E-state index is 10.2. The summed E-state index contributed by atoms with van der Waals surface area (Å²) in [6.07, 6.45) is 8.78. The minimum atomic E-state index is -0.180. The highest BCUT2D eigenvalue weighted by Gasteiger charge is 2.25. The predicted molar refractivity (Wildman–Crippen MR) is 115 cm³/mol. The van der Waals surface area contributed by atoms with E-state index in [1.165, 1.54) is 36.8 Å². The molecule has 0 atom stereocenters. The molecule has 148 valence electrons. The van der Waals surface area contributed by atoms with E-state index < -0.39 is 0 Å². The molecule has 0 aliphatic heterocycles. The van der Waals surface area contributed by atoms with E-state index >= 15 is 0 Å². The summed E-state index contributed by atoms with van der Waals surface area (Å²) in [7, 11) is 0. The van der Waals surface area contributed by atoms with Gasteiger partial charge in [0.15, 0.2) is 0 Å². The zero-order valence-corrected chi connectivity index (χ0v) is 17.5. The van der Waals surface area contributed by atoms with Gasteiger partial charge in [-0.3, -0.25) is 0 Å². The van der Waals surface area contributed by atoms with Crippen LogP contribution in [0.15, 0.2) is 36.4 Å². The summed E-state index contributed by atoms with van der Waals surface area (Å²) in [5, 5.41) is 20.5. The Morgan fingerprint density at radius 3 is 1.44 bits per heavy atom. The molecule has 0 bridgehead atoms. The van der Waals surface area contributed by atoms with Gasteiger partial charge in [0, 0.05) is 5.41 Å². The average molecular weight is 369 g/mol. The van der Waals surface area contributed by atoms with Crippen molar-refractivity contribution in [3.8, 4) is 11.5 Å². The van der Waals surface area contributed by atoms with Crippen LogP contribution in [0.5, 0.6) is 11.5 Å². The quantitative estimate of drug-likeness (QED) is 0.448. The van der Waals surface area contributed by atoms with Crippen LogP contribution in [-0.2, 0) is 18.3 Å². The molecule has 2 heteroatoms. The molecule has 0 fully saturated rings. The van der Waals surface area contributed by atoms with Gasteiger partial charge in [-0.25, -0.2) is 0 Å². The Hall–Kier alpha value is -1.96. The molecule has 0 saturated heterocycles. The minimum absolute atomic E-state index is 0.180. The Morgan fingerprint density at radius 2 is 1.07 bits per heavy atom. The Bertz CT molecular complexity index is 670. The lowest BCUT2D eigenvalue weighted by atomic mass is 9.76. The van der Waals surface area contributed by atoms with Crippen molar-refractivity contribution < 1.29 is 10.2 Å². The molecule has 0 amide bonds. The lowest BCUT2D eigenvalue weighted by Gasteiger charge is -2.28. The van der Waals surface area contributed by atoms with E-state index in [1.54, 1.807) is 0 Å². The maximum absolute atomic E-state index is 10.2. The summed E-state index contributed by atoms with van der Waals surface area (Å²) in [5.74, 6) is 0.799. The Kier molecular flexibility index (Phi) is 7.77. The first-order valence-electron chi connectivity index (χ1n) is 10.5. The van der Waals surface area contributed by atoms with Gasteiger partial charge >= 0.3 is 0 Å². The maximum Gasteiger partial charge on any atom is 0.118 e. The highest BCUT2D eigenvalue weighted by atomic mass is 16.3. The number of hydrogen-bond acceptors (Lipinski definition) is 2. The average Bonchev–Trinajstić information content (AvgIpc) is 2.65. The zero-order chi connectivity index (χ0) is 19.9. The van der Waals surface area contributed by atoms with Crippen LogP contribution >= 0.6 is 0 Å². The van der Waals surface area contributed by atoms with Crippen molar-refractivity contribution >= 4 is 0 Å². The number of aryl methyl sites for hydroxylation is 2. The largest absolute Gasteiger partial charge is 0.508 e. The third kappa shape index (κ3) is 5.51. The number of aromatic hydroxyl groups is 2. The molecule has 0 spiro atoms. The fourth-order valence-corrected chi connectivity index (χ4v) is 3.65. The van der Waals surface area contributed by atoms with Crippen molar-refractivity contribution in [3.05, 3.63) is 58.7 Å². The van der Waals surface area contributed by atoms with Crippen molar-refractivity contribution in [1.29, 1.82) is 0 Å². The molecular formula is C25H36O2. The second kappa shape index (κ2) is 9.82. The van der Waals surface area contributed by atoms with Crippen LogP contribution in [0.4, 0.5) is 0 Å². The summed E-state index contributed by atoms with van der Waals surface area (Å²) in [6, 6.07) is 12.1. The molecule has 0 heterocycles. The lowest BCUT2D eigenvalue weighted by molar-refractivity contribution is 0.464. The minimum Gasteiger partial charge on any atom is -0.508 e. The van der Waals surface area contributed by atoms with Gasteiger partial charge < -0.3 is 10.2 Å². The van der Waals surface area contributed by atoms with Crippen LogP contribution in [0.1, 0.15) is 88.5 Å². The van der Waals surface area contributed by atoms with Crippen molar-refractivity contribution in [2.45, 2.75) is 84.5 Å². The molecule has 2 N–H and O–H groups in total. The molecule has 2 aromatic rings. The fraction of sp³-hybridized carbons (Fsp3) is 0.520. The molecule has 0 aliphatic rings. The molecule has 0 unspecified atom stereocenters. The standard InChI is InChI=1S/C25H36O2/c1-5-7-9-11-19-17-21(13-15-23(19)26)25(3,4)22-14-16-24(27)20(18-22)12-10-8-6-2/h13-18,26-27H,5-12H2,1-4H3. The van der Waals surface area contributed by atoms with Gasteiger partial charge in [0.05, 0.1) is 0 Å². The van der Waals surface area contributed by atoms with E-state index in [4.69, 9.17) is 0 Å². The number of phenols is 2. The molecule has 27 heavy (non-hydrogen) atoms. The third-order valence-electron chi connectivity index (χ3n) is 5.70. The summed E-state index contributed by atoms with van der Waals surface area (Å²) in [5.41, 5.74) is 4.31. The lowest BCUT2D eigenvalue weighted by Crippen LogP contribution is -2.19. The van der Waals surface area contributed by atoms with Gasteiger partial charge in [0.25, 0.3) is 0 Å². The summed E-state index contributed by atoms with van der Waals surface area (Å²) in [4.78, 5) is 0. The van der Waals surface area contributed by atoms with Crippen LogP contribution in [0, 0.1) is 0 Å². The molecule has 2 aromatic carbocycles. The van der Waals surface area contributed by atoms with Crippen molar-refractivity contribution in [2.75, 3.05) is 0 Å². The number of rotatable bonds is 10. The smallest absolute Gasteiger partial charge is 0.118 e. The monoisotopic (exact) mass is 368 g/mol. The van der Waals surface area contributed by atoms with E-state index in [0.717, 1.165) is 36.8 Å². The molecule has 0 aromatic heterocycles. The van der Waals surface area contributed by atoms with E-state index in [-0.39, 0.29) is 5.41 Å². The van der Waals surface area contributed by atoms with Crippen molar-refractivity contribution in [1.82, 2.24) is 0 Å². The summed E-state index contributed by atoms with van der Waals surface area (Å²) in [6.45, 7) is 8.83. The van der Waals surface area contributed by atoms with Crippen LogP contribution < -0.4 is 0 Å². The van der Waals surface area contributed by atoms with E-state index in [1.807, 2.05) is 24.3 Å². The van der Waals surface area contributed by atoms with Gasteiger partial charge in [0.2, 0.25) is 0 Å². The molecule has 0 saturated carbocycles. The molecule has 0 radical (unpaired) electrons. The van der Waals surface area contributed by atoms with Crippen LogP contribution in [-0.4, -0.2) is 10.2 Å². The Labute approximate surface area is 165 Å². The van der Waals surface area contributed by atoms with Crippen LogP contribution in [0.25, 0.3) is 0 Å². The second-order valence-electron chi connectivity index (χ2n) is 8.23. The highest BCUT2D eigenvalue weighted by Crippen LogP contribution is 2.36. The highest BCUT2D eigenvalue weighted by molar-refractivity contribution is 5.47. The second-order valence-corrected chi connectivity index (χ2v) is 8.23. The Balaban J connectivity index is 2.29. The van der Waals surface area contributed by atoms with Gasteiger partial charge in [0.1, 0.15) is 11.5 Å². The summed E-state index contributed by atoms with van der Waals surface area (Å²) < 4.78 is 0. The first-order valence-corrected chi connectivity index (χ1v) is 10.5. The van der Waals surface area contributed by atoms with E-state index in [9.17, 15) is 10.2 Å². The zero-order valence-electron chi connectivity index (χ0n) is 17.5. The van der Waals surface area contributed by atoms with Gasteiger partial charge in [-0.2, -0.15) is 0 Å². The van der Waals surface area contributed by atoms with Crippen LogP contribution in [0.3, 0.4) is 0 Å². The topological polar surface area (TPSA) is 40.5 Å². The number of benzene rings is 2.